The maximum absolute atomic E-state index is 13.1. The lowest BCUT2D eigenvalue weighted by Crippen LogP contribution is -2.56. The molecule has 0 radical (unpaired) electrons. The highest BCUT2D eigenvalue weighted by Gasteiger charge is 2.31. The molecule has 2 atom stereocenters. The Morgan fingerprint density at radius 1 is 0.872 bits per heavy atom. The Bertz CT molecular complexity index is 1250. The first-order valence-electron chi connectivity index (χ1n) is 12.7. The van der Waals surface area contributed by atoms with Crippen LogP contribution in [-0.2, 0) is 25.6 Å². The van der Waals surface area contributed by atoms with Gasteiger partial charge in [0.15, 0.2) is 6.04 Å². The minimum Gasteiger partial charge on any atom is -0.480 e. The number of hydrogen-bond acceptors (Lipinski definition) is 6. The molecule has 3 aromatic carbocycles. The number of benzene rings is 3. The molecule has 0 bridgehead atoms. The number of methoxy groups -OCH3 is 1. The van der Waals surface area contributed by atoms with E-state index in [9.17, 15) is 19.5 Å². The molecule has 0 spiro atoms. The van der Waals surface area contributed by atoms with Gasteiger partial charge in [-0.1, -0.05) is 78.9 Å². The van der Waals surface area contributed by atoms with Gasteiger partial charge in [0.25, 0.3) is 0 Å². The largest absolute Gasteiger partial charge is 0.480 e. The van der Waals surface area contributed by atoms with E-state index in [0.29, 0.717) is 6.54 Å². The summed E-state index contributed by atoms with van der Waals surface area (Å²) >= 11 is 0. The number of amides is 2. The fourth-order valence-corrected chi connectivity index (χ4v) is 4.86. The highest BCUT2D eigenvalue weighted by molar-refractivity contribution is 5.89. The average Bonchev–Trinajstić information content (AvgIpc) is 3.25. The maximum Gasteiger partial charge on any atom is 0.407 e. The lowest BCUT2D eigenvalue weighted by molar-refractivity contribution is -0.143. The van der Waals surface area contributed by atoms with E-state index in [1.165, 1.54) is 7.11 Å². The van der Waals surface area contributed by atoms with E-state index in [2.05, 4.69) is 22.8 Å². The van der Waals surface area contributed by atoms with Crippen molar-refractivity contribution in [1.29, 1.82) is 0 Å². The molecule has 39 heavy (non-hydrogen) atoms. The molecule has 1 aliphatic rings. The molecule has 9 nitrogen and oxygen atoms in total. The standard InChI is InChI=1S/C30H33N3O6/c1-33(16-20-10-4-3-5-11-20)17-26(28(34)31-27(19-38-2)29(35)36)32-30(37)39-18-25-23-14-8-6-12-21(23)22-13-7-9-15-24(22)25/h3-15,25-27H,16-19H2,1-2H3,(H,31,34)(H,32,37)(H,35,36)/t26?,27-/m0/s1. The molecule has 0 aliphatic heterocycles. The number of likely N-dealkylation sites (N-methyl/N-ethyl adjacent to an activating group) is 1. The maximum atomic E-state index is 13.1. The normalized spacial score (nSPS) is 13.7. The van der Waals surface area contributed by atoms with Crippen LogP contribution in [0.1, 0.15) is 22.6 Å². The molecular formula is C30H33N3O6. The zero-order chi connectivity index (χ0) is 27.8. The fourth-order valence-electron chi connectivity index (χ4n) is 4.86. The number of alkyl carbamates (subject to hydrolysis) is 1. The Hall–Kier alpha value is -4.21. The van der Waals surface area contributed by atoms with Crippen LogP contribution in [0.15, 0.2) is 78.9 Å². The zero-order valence-electron chi connectivity index (χ0n) is 22.0. The first kappa shape index (κ1) is 27.8. The van der Waals surface area contributed by atoms with E-state index in [4.69, 9.17) is 9.47 Å². The summed E-state index contributed by atoms with van der Waals surface area (Å²) in [5, 5.41) is 14.5. The second-order valence-electron chi connectivity index (χ2n) is 9.56. The van der Waals surface area contributed by atoms with Gasteiger partial charge >= 0.3 is 12.1 Å². The molecular weight excluding hydrogens is 498 g/mol. The monoisotopic (exact) mass is 531 g/mol. The van der Waals surface area contributed by atoms with Crippen LogP contribution in [0, 0.1) is 0 Å². The van der Waals surface area contributed by atoms with E-state index in [-0.39, 0.29) is 25.7 Å². The minimum atomic E-state index is -1.26. The number of carbonyl (C=O) groups excluding carboxylic acids is 2. The van der Waals surface area contributed by atoms with Gasteiger partial charge in [0.05, 0.1) is 6.61 Å². The predicted octanol–water partition coefficient (Wildman–Crippen LogP) is 3.24. The van der Waals surface area contributed by atoms with Crippen LogP contribution in [0.25, 0.3) is 11.1 Å². The quantitative estimate of drug-likeness (QED) is 0.329. The van der Waals surface area contributed by atoms with Gasteiger partial charge in [-0.2, -0.15) is 0 Å². The summed E-state index contributed by atoms with van der Waals surface area (Å²) in [6.07, 6.45) is -0.760. The topological polar surface area (TPSA) is 117 Å². The van der Waals surface area contributed by atoms with E-state index in [1.807, 2.05) is 78.7 Å². The van der Waals surface area contributed by atoms with E-state index in [0.717, 1.165) is 27.8 Å². The molecule has 3 aromatic rings. The molecule has 0 heterocycles. The number of carboxylic acid groups (broad SMARTS) is 1. The van der Waals surface area contributed by atoms with E-state index >= 15 is 0 Å². The van der Waals surface area contributed by atoms with Gasteiger partial charge in [-0.25, -0.2) is 9.59 Å². The van der Waals surface area contributed by atoms with E-state index in [1.54, 1.807) is 0 Å². The van der Waals surface area contributed by atoms with Crippen molar-refractivity contribution < 1.29 is 29.0 Å². The van der Waals surface area contributed by atoms with Crippen LogP contribution in [0.4, 0.5) is 4.79 Å². The van der Waals surface area contributed by atoms with Crippen molar-refractivity contribution in [1.82, 2.24) is 15.5 Å². The number of aliphatic carboxylic acids is 1. The molecule has 0 aromatic heterocycles. The van der Waals surface area contributed by atoms with Gasteiger partial charge in [0.2, 0.25) is 5.91 Å². The lowest BCUT2D eigenvalue weighted by atomic mass is 9.98. The molecule has 0 saturated carbocycles. The first-order chi connectivity index (χ1) is 18.9. The Morgan fingerprint density at radius 3 is 2.05 bits per heavy atom. The number of ether oxygens (including phenoxy) is 2. The highest BCUT2D eigenvalue weighted by atomic mass is 16.5. The molecule has 204 valence electrons. The average molecular weight is 532 g/mol. The third kappa shape index (κ3) is 7.01. The predicted molar refractivity (Wildman–Crippen MR) is 146 cm³/mol. The number of nitrogens with one attached hydrogen (secondary N) is 2. The molecule has 1 unspecified atom stereocenters. The van der Waals surface area contributed by atoms with Crippen molar-refractivity contribution in [2.75, 3.05) is 33.9 Å². The van der Waals surface area contributed by atoms with Crippen LogP contribution in [0.5, 0.6) is 0 Å². The first-order valence-corrected chi connectivity index (χ1v) is 12.7. The fraction of sp³-hybridized carbons (Fsp3) is 0.300. The number of carboxylic acids is 1. The summed E-state index contributed by atoms with van der Waals surface area (Å²) in [5.74, 6) is -2.01. The molecule has 0 fully saturated rings. The Kier molecular flexibility index (Phi) is 9.30. The van der Waals surface area contributed by atoms with Crippen LogP contribution in [0.2, 0.25) is 0 Å². The Balaban J connectivity index is 1.44. The molecule has 1 aliphatic carbocycles. The lowest BCUT2D eigenvalue weighted by Gasteiger charge is -2.26. The van der Waals surface area contributed by atoms with Crippen molar-refractivity contribution in [3.63, 3.8) is 0 Å². The summed E-state index contributed by atoms with van der Waals surface area (Å²) in [6, 6.07) is 23.4. The summed E-state index contributed by atoms with van der Waals surface area (Å²) < 4.78 is 10.6. The summed E-state index contributed by atoms with van der Waals surface area (Å²) in [7, 11) is 3.17. The highest BCUT2D eigenvalue weighted by Crippen LogP contribution is 2.44. The van der Waals surface area contributed by atoms with Gasteiger partial charge in [0.1, 0.15) is 12.6 Å². The van der Waals surface area contributed by atoms with Gasteiger partial charge in [-0.15, -0.1) is 0 Å². The molecule has 2 amide bonds. The van der Waals surface area contributed by atoms with Crippen molar-refractivity contribution in [2.45, 2.75) is 24.5 Å². The zero-order valence-corrected chi connectivity index (χ0v) is 22.0. The van der Waals surface area contributed by atoms with Crippen LogP contribution >= 0.6 is 0 Å². The number of nitrogens with zero attached hydrogens (tertiary/aromatic N) is 1. The summed E-state index contributed by atoms with van der Waals surface area (Å²) in [4.78, 5) is 39.5. The molecule has 9 heteroatoms. The van der Waals surface area contributed by atoms with Crippen LogP contribution in [-0.4, -0.2) is 74.0 Å². The van der Waals surface area contributed by atoms with Crippen molar-refractivity contribution in [3.05, 3.63) is 95.6 Å². The summed E-state index contributed by atoms with van der Waals surface area (Å²) in [6.45, 7) is 0.537. The summed E-state index contributed by atoms with van der Waals surface area (Å²) in [5.41, 5.74) is 5.40. The number of carbonyl (C=O) groups is 3. The smallest absolute Gasteiger partial charge is 0.407 e. The number of fused-ring (bicyclic) bond motifs is 3. The van der Waals surface area contributed by atoms with Crippen LogP contribution in [0.3, 0.4) is 0 Å². The van der Waals surface area contributed by atoms with E-state index < -0.39 is 30.1 Å². The SMILES string of the molecule is COC[C@H](NC(=O)C(CN(C)Cc1ccccc1)NC(=O)OCC1c2ccccc2-c2ccccc21)C(=O)O. The Labute approximate surface area is 227 Å². The molecule has 0 saturated heterocycles. The van der Waals surface area contributed by atoms with Gasteiger partial charge in [0, 0.05) is 26.1 Å². The molecule has 3 N–H and O–H groups in total. The third-order valence-corrected chi connectivity index (χ3v) is 6.69. The number of hydrogen-bond donors (Lipinski definition) is 3. The van der Waals surface area contributed by atoms with Crippen molar-refractivity contribution in [3.8, 4) is 11.1 Å². The number of rotatable bonds is 12. The minimum absolute atomic E-state index is 0.0927. The van der Waals surface area contributed by atoms with Gasteiger partial charge in [-0.3, -0.25) is 9.69 Å². The Morgan fingerprint density at radius 2 is 1.46 bits per heavy atom. The van der Waals surface area contributed by atoms with Crippen molar-refractivity contribution >= 4 is 18.0 Å². The second kappa shape index (κ2) is 13.0. The second-order valence-corrected chi connectivity index (χ2v) is 9.56. The van der Waals surface area contributed by atoms with Crippen molar-refractivity contribution in [2.24, 2.45) is 0 Å². The van der Waals surface area contributed by atoms with Gasteiger partial charge < -0.3 is 25.2 Å². The third-order valence-electron chi connectivity index (χ3n) is 6.69. The van der Waals surface area contributed by atoms with Crippen LogP contribution < -0.4 is 10.6 Å². The van der Waals surface area contributed by atoms with Gasteiger partial charge in [-0.05, 0) is 34.9 Å². The molecule has 4 rings (SSSR count).